The molecule has 2 aliphatic heterocycles. The van der Waals surface area contributed by atoms with Crippen molar-refractivity contribution in [3.63, 3.8) is 0 Å². The zero-order chi connectivity index (χ0) is 31.7. The maximum atomic E-state index is 13.4. The molecule has 44 heavy (non-hydrogen) atoms. The van der Waals surface area contributed by atoms with Crippen LogP contribution in [0.5, 0.6) is 0 Å². The molecule has 3 atom stereocenters. The van der Waals surface area contributed by atoms with Crippen LogP contribution in [0.4, 0.5) is 0 Å². The molecule has 0 saturated carbocycles. The van der Waals surface area contributed by atoms with Gasteiger partial charge >= 0.3 is 0 Å². The average molecular weight is 607 g/mol. The molecule has 0 spiro atoms. The van der Waals surface area contributed by atoms with Crippen LogP contribution in [0.1, 0.15) is 67.1 Å². The van der Waals surface area contributed by atoms with E-state index in [9.17, 15) is 14.4 Å². The van der Waals surface area contributed by atoms with E-state index in [0.29, 0.717) is 44.0 Å². The van der Waals surface area contributed by atoms with Gasteiger partial charge in [0, 0.05) is 37.4 Å². The highest BCUT2D eigenvalue weighted by Crippen LogP contribution is 2.23. The van der Waals surface area contributed by atoms with Gasteiger partial charge in [0.2, 0.25) is 0 Å². The van der Waals surface area contributed by atoms with Crippen LogP contribution in [0.3, 0.4) is 0 Å². The van der Waals surface area contributed by atoms with Crippen LogP contribution in [0.25, 0.3) is 0 Å². The van der Waals surface area contributed by atoms with Crippen LogP contribution in [0, 0.1) is 11.8 Å². The van der Waals surface area contributed by atoms with Gasteiger partial charge in [-0.25, -0.2) is 0 Å². The van der Waals surface area contributed by atoms with Gasteiger partial charge in [-0.3, -0.25) is 14.4 Å². The smallest absolute Gasteiger partial charge is 0.254 e. The maximum Gasteiger partial charge on any atom is 0.254 e. The number of rotatable bonds is 11. The molecule has 4 rings (SSSR count). The van der Waals surface area contributed by atoms with Crippen molar-refractivity contribution in [2.45, 2.75) is 70.4 Å². The predicted molar refractivity (Wildman–Crippen MR) is 163 cm³/mol. The minimum absolute atomic E-state index is 0.0684. The number of amides is 2. The van der Waals surface area contributed by atoms with Gasteiger partial charge in [-0.2, -0.15) is 0 Å². The Morgan fingerprint density at radius 1 is 1.05 bits per heavy atom. The number of carbonyl (C=O) groups excluding carboxylic acids is 3. The molecule has 10 nitrogen and oxygen atoms in total. The molecule has 0 aromatic heterocycles. The van der Waals surface area contributed by atoms with Crippen LogP contribution in [-0.4, -0.2) is 86.7 Å². The summed E-state index contributed by atoms with van der Waals surface area (Å²) >= 11 is 0. The first-order chi connectivity index (χ1) is 21.0. The van der Waals surface area contributed by atoms with E-state index in [1.54, 1.807) is 24.3 Å². The highest BCUT2D eigenvalue weighted by Gasteiger charge is 2.46. The van der Waals surface area contributed by atoms with Gasteiger partial charge < -0.3 is 33.9 Å². The summed E-state index contributed by atoms with van der Waals surface area (Å²) in [4.78, 5) is 40.7. The molecule has 2 fully saturated rings. The van der Waals surface area contributed by atoms with Crippen LogP contribution in [0.2, 0.25) is 0 Å². The fraction of sp³-hybridized carbons (Fsp3) is 0.500. The van der Waals surface area contributed by atoms with Gasteiger partial charge in [0.25, 0.3) is 11.8 Å². The first-order valence-electron chi connectivity index (χ1n) is 14.9. The molecule has 2 amide bonds. The topological polar surface area (TPSA) is 113 Å². The van der Waals surface area contributed by atoms with Gasteiger partial charge in [0.1, 0.15) is 12.7 Å². The van der Waals surface area contributed by atoms with Crippen molar-refractivity contribution < 1.29 is 38.1 Å². The average Bonchev–Trinajstić information content (AvgIpc) is 3.40. The van der Waals surface area contributed by atoms with Gasteiger partial charge in [0.05, 0.1) is 19.8 Å². The Balaban J connectivity index is 1.33. The minimum Gasteiger partial charge on any atom is -0.374 e. The van der Waals surface area contributed by atoms with Crippen LogP contribution in [-0.2, 0) is 39.9 Å². The van der Waals surface area contributed by atoms with E-state index in [0.717, 1.165) is 28.9 Å². The number of ketones is 1. The van der Waals surface area contributed by atoms with Crippen LogP contribution < -0.4 is 5.32 Å². The lowest BCUT2D eigenvalue weighted by atomic mass is 9.92. The molecule has 0 radical (unpaired) electrons. The Morgan fingerprint density at radius 3 is 2.27 bits per heavy atom. The Hall–Kier alpha value is -3.59. The summed E-state index contributed by atoms with van der Waals surface area (Å²) in [5.41, 5.74) is 1.12. The Bertz CT molecular complexity index is 1360. The van der Waals surface area contributed by atoms with E-state index in [-0.39, 0.29) is 12.7 Å². The van der Waals surface area contributed by atoms with Gasteiger partial charge in [-0.15, -0.1) is 0 Å². The molecular formula is C34H42N2O8. The van der Waals surface area contributed by atoms with Crippen molar-refractivity contribution in [2.75, 3.05) is 40.5 Å². The molecule has 2 heterocycles. The largest absolute Gasteiger partial charge is 0.374 e. The second kappa shape index (κ2) is 14.9. The number of ether oxygens (including phenoxy) is 5. The predicted octanol–water partition coefficient (Wildman–Crippen LogP) is 3.44. The third-order valence-electron chi connectivity index (χ3n) is 7.80. The maximum absolute atomic E-state index is 13.4. The number of hydrogen-bond acceptors (Lipinski definition) is 8. The molecular weight excluding hydrogens is 564 g/mol. The SMILES string of the molecule is CNC(=O)[C@@](C)(C(=O)COC1CCCCO1)N(C)C(=O)c1ccc(C#Cc2ccc(COCC3COC(C)(C)O3)cc2)cc1. The van der Waals surface area contributed by atoms with Crippen molar-refractivity contribution >= 4 is 17.6 Å². The summed E-state index contributed by atoms with van der Waals surface area (Å²) in [6.07, 6.45) is 2.01. The summed E-state index contributed by atoms with van der Waals surface area (Å²) < 4.78 is 28.2. The summed E-state index contributed by atoms with van der Waals surface area (Å²) in [5.74, 6) is 4.05. The highest BCUT2D eigenvalue weighted by molar-refractivity contribution is 6.14. The molecule has 0 aliphatic carbocycles. The number of benzene rings is 2. The molecule has 2 unspecified atom stereocenters. The quantitative estimate of drug-likeness (QED) is 0.306. The minimum atomic E-state index is -1.77. The Kier molecular flexibility index (Phi) is 11.3. The fourth-order valence-corrected chi connectivity index (χ4v) is 4.94. The number of likely N-dealkylation sites (N-methyl/N-ethyl adjacent to an activating group) is 2. The van der Waals surface area contributed by atoms with Crippen molar-refractivity contribution in [1.82, 2.24) is 10.2 Å². The summed E-state index contributed by atoms with van der Waals surface area (Å²) in [7, 11) is 2.86. The van der Waals surface area contributed by atoms with E-state index in [4.69, 9.17) is 23.7 Å². The molecule has 236 valence electrons. The highest BCUT2D eigenvalue weighted by atomic mass is 16.7. The van der Waals surface area contributed by atoms with Gasteiger partial charge in [0.15, 0.2) is 23.4 Å². The zero-order valence-corrected chi connectivity index (χ0v) is 26.1. The van der Waals surface area contributed by atoms with Gasteiger partial charge in [-0.1, -0.05) is 24.0 Å². The molecule has 2 aromatic carbocycles. The first kappa shape index (κ1) is 33.3. The molecule has 10 heteroatoms. The molecule has 2 aliphatic rings. The fourth-order valence-electron chi connectivity index (χ4n) is 4.94. The number of Topliss-reactive ketones (excluding diaryl/α,β-unsaturated/α-hetero) is 1. The lowest BCUT2D eigenvalue weighted by molar-refractivity contribution is -0.174. The number of nitrogens with one attached hydrogen (secondary N) is 1. The lowest BCUT2D eigenvalue weighted by Gasteiger charge is -2.36. The molecule has 1 N–H and O–H groups in total. The van der Waals surface area contributed by atoms with Crippen molar-refractivity contribution in [3.8, 4) is 11.8 Å². The summed E-state index contributed by atoms with van der Waals surface area (Å²) in [6, 6.07) is 14.5. The zero-order valence-electron chi connectivity index (χ0n) is 26.1. The lowest BCUT2D eigenvalue weighted by Crippen LogP contribution is -2.62. The Morgan fingerprint density at radius 2 is 1.70 bits per heavy atom. The van der Waals surface area contributed by atoms with Gasteiger partial charge in [-0.05, 0) is 82.0 Å². The van der Waals surface area contributed by atoms with E-state index >= 15 is 0 Å². The van der Waals surface area contributed by atoms with Crippen LogP contribution >= 0.6 is 0 Å². The van der Waals surface area contributed by atoms with E-state index in [1.807, 2.05) is 38.1 Å². The summed E-state index contributed by atoms with van der Waals surface area (Å²) in [5, 5.41) is 2.51. The van der Waals surface area contributed by atoms with E-state index in [2.05, 4.69) is 17.2 Å². The third kappa shape index (κ3) is 8.52. The standard InChI is InChI=1S/C34H42N2O8/c1-33(2)43-22-28(44-33)21-40-20-26-13-11-24(12-14-26)9-10-25-15-17-27(18-16-25)31(38)36(5)34(3,32(39)35-4)29(37)23-42-30-8-6-7-19-41-30/h11-18,28,30H,6-8,19-23H2,1-5H3,(H,35,39)/t28?,30?,34-/m1/s1. The number of nitrogens with zero attached hydrogens (tertiary/aromatic N) is 1. The van der Waals surface area contributed by atoms with E-state index in [1.165, 1.54) is 21.0 Å². The number of hydrogen-bond donors (Lipinski definition) is 1. The first-order valence-corrected chi connectivity index (χ1v) is 14.9. The van der Waals surface area contributed by atoms with Crippen molar-refractivity contribution in [1.29, 1.82) is 0 Å². The van der Waals surface area contributed by atoms with Crippen LogP contribution in [0.15, 0.2) is 48.5 Å². The monoisotopic (exact) mass is 606 g/mol. The third-order valence-corrected chi connectivity index (χ3v) is 7.80. The van der Waals surface area contributed by atoms with Crippen molar-refractivity contribution in [2.24, 2.45) is 0 Å². The normalized spacial score (nSPS) is 20.6. The molecule has 2 aromatic rings. The van der Waals surface area contributed by atoms with Crippen molar-refractivity contribution in [3.05, 3.63) is 70.8 Å². The molecule has 0 bridgehead atoms. The number of carbonyl (C=O) groups is 3. The second-order valence-corrected chi connectivity index (χ2v) is 11.5. The molecule has 2 saturated heterocycles. The second-order valence-electron chi connectivity index (χ2n) is 11.5. The van der Waals surface area contributed by atoms with E-state index < -0.39 is 35.2 Å². The summed E-state index contributed by atoms with van der Waals surface area (Å²) in [6.45, 7) is 6.87. The Labute approximate surface area is 259 Å².